The van der Waals surface area contributed by atoms with Gasteiger partial charge in [0, 0.05) is 16.3 Å². The van der Waals surface area contributed by atoms with E-state index in [1.165, 1.54) is 10.9 Å². The van der Waals surface area contributed by atoms with Crippen LogP contribution in [-0.4, -0.2) is 22.7 Å². The highest BCUT2D eigenvalue weighted by atomic mass is 32.2. The lowest BCUT2D eigenvalue weighted by Crippen LogP contribution is -2.15. The van der Waals surface area contributed by atoms with E-state index in [-0.39, 0.29) is 11.5 Å². The van der Waals surface area contributed by atoms with Crippen LogP contribution in [0, 0.1) is 6.92 Å². The lowest BCUT2D eigenvalue weighted by molar-refractivity contribution is -0.113. The highest BCUT2D eigenvalue weighted by molar-refractivity contribution is 7.99. The van der Waals surface area contributed by atoms with E-state index in [9.17, 15) is 9.59 Å². The second-order valence-electron chi connectivity index (χ2n) is 4.46. The van der Waals surface area contributed by atoms with E-state index in [4.69, 9.17) is 5.11 Å². The maximum absolute atomic E-state index is 11.9. The van der Waals surface area contributed by atoms with Gasteiger partial charge in [0.2, 0.25) is 5.91 Å². The van der Waals surface area contributed by atoms with Gasteiger partial charge in [0.05, 0.1) is 11.3 Å². The molecular weight excluding hydrogens is 306 g/mol. The average molecular weight is 321 g/mol. The van der Waals surface area contributed by atoms with Crippen LogP contribution >= 0.6 is 23.1 Å². The zero-order valence-corrected chi connectivity index (χ0v) is 13.1. The van der Waals surface area contributed by atoms with Crippen molar-refractivity contribution >= 4 is 40.7 Å². The number of benzene rings is 1. The van der Waals surface area contributed by atoms with Crippen molar-refractivity contribution in [2.24, 2.45) is 0 Å². The Labute approximate surface area is 131 Å². The summed E-state index contributed by atoms with van der Waals surface area (Å²) in [6, 6.07) is 8.71. The Balaban J connectivity index is 1.86. The third-order valence-corrected chi connectivity index (χ3v) is 4.85. The molecule has 0 bridgehead atoms. The minimum atomic E-state index is -0.970. The van der Waals surface area contributed by atoms with Crippen LogP contribution in [0.4, 0.5) is 5.69 Å². The van der Waals surface area contributed by atoms with Gasteiger partial charge in [-0.1, -0.05) is 6.07 Å². The summed E-state index contributed by atoms with van der Waals surface area (Å²) in [6.45, 7) is 1.78. The van der Waals surface area contributed by atoms with E-state index in [1.54, 1.807) is 42.2 Å². The van der Waals surface area contributed by atoms with Gasteiger partial charge in [0.15, 0.2) is 0 Å². The van der Waals surface area contributed by atoms with E-state index >= 15 is 0 Å². The Bertz CT molecular complexity index is 638. The third-order valence-electron chi connectivity index (χ3n) is 2.81. The Morgan fingerprint density at radius 3 is 2.76 bits per heavy atom. The number of thioether (sulfide) groups is 1. The van der Waals surface area contributed by atoms with Crippen molar-refractivity contribution in [1.29, 1.82) is 0 Å². The van der Waals surface area contributed by atoms with Crippen LogP contribution in [0.1, 0.15) is 20.8 Å². The molecule has 6 heteroatoms. The largest absolute Gasteiger partial charge is 0.478 e. The smallest absolute Gasteiger partial charge is 0.335 e. The zero-order chi connectivity index (χ0) is 15.2. The maximum atomic E-state index is 11.9. The Morgan fingerprint density at radius 1 is 1.33 bits per heavy atom. The normalized spacial score (nSPS) is 10.3. The SMILES string of the molecule is Cc1cc(C(=O)O)ccc1NC(=O)CSCc1cccs1. The molecule has 0 atom stereocenters. The van der Waals surface area contributed by atoms with Crippen LogP contribution in [0.25, 0.3) is 0 Å². The summed E-state index contributed by atoms with van der Waals surface area (Å²) in [5, 5.41) is 13.7. The lowest BCUT2D eigenvalue weighted by atomic mass is 10.1. The fourth-order valence-electron chi connectivity index (χ4n) is 1.76. The van der Waals surface area contributed by atoms with Gasteiger partial charge in [-0.2, -0.15) is 0 Å². The van der Waals surface area contributed by atoms with Gasteiger partial charge in [0.25, 0.3) is 0 Å². The number of carboxylic acid groups (broad SMARTS) is 1. The Kier molecular flexibility index (Phi) is 5.41. The molecule has 0 radical (unpaired) electrons. The van der Waals surface area contributed by atoms with Crippen molar-refractivity contribution in [2.45, 2.75) is 12.7 Å². The van der Waals surface area contributed by atoms with Crippen molar-refractivity contribution in [3.05, 3.63) is 51.7 Å². The molecule has 2 aromatic rings. The van der Waals surface area contributed by atoms with Gasteiger partial charge in [-0.05, 0) is 42.1 Å². The summed E-state index contributed by atoms with van der Waals surface area (Å²) in [5.41, 5.74) is 1.62. The van der Waals surface area contributed by atoms with Crippen LogP contribution in [-0.2, 0) is 10.5 Å². The number of rotatable bonds is 6. The van der Waals surface area contributed by atoms with Gasteiger partial charge in [0.1, 0.15) is 0 Å². The summed E-state index contributed by atoms with van der Waals surface area (Å²) in [4.78, 5) is 24.0. The molecule has 1 aromatic carbocycles. The number of nitrogens with one attached hydrogen (secondary N) is 1. The highest BCUT2D eigenvalue weighted by Crippen LogP contribution is 2.19. The van der Waals surface area contributed by atoms with Gasteiger partial charge in [-0.15, -0.1) is 23.1 Å². The Morgan fingerprint density at radius 2 is 2.14 bits per heavy atom. The van der Waals surface area contributed by atoms with Crippen LogP contribution in [0.2, 0.25) is 0 Å². The van der Waals surface area contributed by atoms with Crippen molar-refractivity contribution in [1.82, 2.24) is 0 Å². The first kappa shape index (κ1) is 15.6. The minimum absolute atomic E-state index is 0.0808. The molecule has 0 fully saturated rings. The summed E-state index contributed by atoms with van der Waals surface area (Å²) in [7, 11) is 0. The molecule has 0 spiro atoms. The number of aromatic carboxylic acids is 1. The lowest BCUT2D eigenvalue weighted by Gasteiger charge is -2.09. The van der Waals surface area contributed by atoms with E-state index in [2.05, 4.69) is 5.32 Å². The quantitative estimate of drug-likeness (QED) is 0.852. The van der Waals surface area contributed by atoms with E-state index in [0.717, 1.165) is 11.3 Å². The predicted molar refractivity (Wildman–Crippen MR) is 87.2 cm³/mol. The van der Waals surface area contributed by atoms with E-state index in [0.29, 0.717) is 11.4 Å². The fraction of sp³-hybridized carbons (Fsp3) is 0.200. The molecule has 0 aliphatic heterocycles. The summed E-state index contributed by atoms with van der Waals surface area (Å²) in [6.07, 6.45) is 0. The molecule has 2 N–H and O–H groups in total. The second-order valence-corrected chi connectivity index (χ2v) is 6.47. The monoisotopic (exact) mass is 321 g/mol. The number of hydrogen-bond acceptors (Lipinski definition) is 4. The third kappa shape index (κ3) is 4.61. The molecule has 110 valence electrons. The maximum Gasteiger partial charge on any atom is 0.335 e. The number of hydrogen-bond donors (Lipinski definition) is 2. The standard InChI is InChI=1S/C15H15NO3S2/c1-10-7-11(15(18)19)4-5-13(10)16-14(17)9-20-8-12-3-2-6-21-12/h2-7H,8-9H2,1H3,(H,16,17)(H,18,19). The number of carbonyl (C=O) groups excluding carboxylic acids is 1. The topological polar surface area (TPSA) is 66.4 Å². The molecule has 0 aliphatic carbocycles. The van der Waals surface area contributed by atoms with Gasteiger partial charge in [-0.25, -0.2) is 4.79 Å². The molecule has 0 saturated heterocycles. The number of anilines is 1. The Hall–Kier alpha value is -1.79. The van der Waals surface area contributed by atoms with E-state index in [1.807, 2.05) is 17.5 Å². The molecule has 1 amide bonds. The molecule has 21 heavy (non-hydrogen) atoms. The molecule has 4 nitrogen and oxygen atoms in total. The first-order valence-electron chi connectivity index (χ1n) is 6.30. The van der Waals surface area contributed by atoms with Crippen LogP contribution < -0.4 is 5.32 Å². The number of carboxylic acids is 1. The van der Waals surface area contributed by atoms with Crippen LogP contribution in [0.3, 0.4) is 0 Å². The molecule has 2 rings (SSSR count). The van der Waals surface area contributed by atoms with E-state index < -0.39 is 5.97 Å². The summed E-state index contributed by atoms with van der Waals surface area (Å²) >= 11 is 3.23. The second kappa shape index (κ2) is 7.28. The molecule has 0 unspecified atom stereocenters. The first-order chi connectivity index (χ1) is 10.1. The van der Waals surface area contributed by atoms with Gasteiger partial charge in [-0.3, -0.25) is 4.79 Å². The van der Waals surface area contributed by atoms with Crippen molar-refractivity contribution in [3.8, 4) is 0 Å². The average Bonchev–Trinajstić information content (AvgIpc) is 2.94. The molecular formula is C15H15NO3S2. The number of amides is 1. The molecule has 1 aromatic heterocycles. The van der Waals surface area contributed by atoms with Crippen molar-refractivity contribution < 1.29 is 14.7 Å². The summed E-state index contributed by atoms with van der Waals surface area (Å²) < 4.78 is 0. The number of aryl methyl sites for hydroxylation is 1. The van der Waals surface area contributed by atoms with Crippen LogP contribution in [0.5, 0.6) is 0 Å². The number of thiophene rings is 1. The predicted octanol–water partition coefficient (Wildman–Crippen LogP) is 3.63. The highest BCUT2D eigenvalue weighted by Gasteiger charge is 2.08. The van der Waals surface area contributed by atoms with Gasteiger partial charge >= 0.3 is 5.97 Å². The molecule has 0 aliphatic rings. The van der Waals surface area contributed by atoms with Crippen molar-refractivity contribution in [3.63, 3.8) is 0 Å². The van der Waals surface area contributed by atoms with Crippen LogP contribution in [0.15, 0.2) is 35.7 Å². The van der Waals surface area contributed by atoms with Crippen molar-refractivity contribution in [2.75, 3.05) is 11.1 Å². The molecule has 0 saturated carbocycles. The zero-order valence-electron chi connectivity index (χ0n) is 11.5. The first-order valence-corrected chi connectivity index (χ1v) is 8.33. The number of carbonyl (C=O) groups is 2. The fourth-order valence-corrected chi connectivity index (χ4v) is 3.43. The minimum Gasteiger partial charge on any atom is -0.478 e. The summed E-state index contributed by atoms with van der Waals surface area (Å²) in [5.74, 6) is 0.144. The molecule has 1 heterocycles. The van der Waals surface area contributed by atoms with Gasteiger partial charge < -0.3 is 10.4 Å².